The maximum Gasteiger partial charge on any atom is 0.348 e. The van der Waals surface area contributed by atoms with Gasteiger partial charge in [0.1, 0.15) is 37.4 Å². The van der Waals surface area contributed by atoms with E-state index in [1.165, 1.54) is 25.0 Å². The molecule has 2 heterocycles. The minimum Gasteiger partial charge on any atom is -0.384 e. The molecule has 186 valence electrons. The number of carbonyl (C=O) groups is 4. The van der Waals surface area contributed by atoms with Crippen LogP contribution in [0.3, 0.4) is 0 Å². The predicted molar refractivity (Wildman–Crippen MR) is 147 cm³/mol. The van der Waals surface area contributed by atoms with Crippen LogP contribution in [0.25, 0.3) is 0 Å². The van der Waals surface area contributed by atoms with Gasteiger partial charge in [0.05, 0.1) is 0 Å². The van der Waals surface area contributed by atoms with Gasteiger partial charge in [-0.1, -0.05) is 41.1 Å². The number of fused-ring (bicyclic) bond motifs is 1. The number of hydrogen-bond acceptors (Lipinski definition) is 4. The van der Waals surface area contributed by atoms with Crippen molar-refractivity contribution < 1.29 is 28.0 Å². The third-order valence-corrected chi connectivity index (χ3v) is 8.15. The molecule has 0 aromatic heterocycles. The third-order valence-electron chi connectivity index (χ3n) is 7.90. The van der Waals surface area contributed by atoms with E-state index in [2.05, 4.69) is 5.32 Å². The van der Waals surface area contributed by atoms with E-state index in [4.69, 9.17) is 11.6 Å². The van der Waals surface area contributed by atoms with E-state index < -0.39 is 45.7 Å². The molecule has 1 unspecified atom stereocenters. The summed E-state index contributed by atoms with van der Waals surface area (Å²) in [5.74, 6) is -6.40. The number of nitrogens with zero attached hydrogens (tertiary/aromatic N) is 2. The van der Waals surface area contributed by atoms with Crippen LogP contribution in [0.2, 0.25) is 15.5 Å². The van der Waals surface area contributed by atoms with Crippen LogP contribution in [0, 0.1) is 0 Å². The summed E-state index contributed by atoms with van der Waals surface area (Å²) in [6.45, 7) is 0.00676. The number of benzene rings is 2. The first-order chi connectivity index (χ1) is 17.1. The number of carbonyl (C=O) groups excluding carboxylic acids is 4. The summed E-state index contributed by atoms with van der Waals surface area (Å²) in [5.41, 5.74) is 1.10. The molecule has 0 bridgehead atoms. The molecule has 1 atom stereocenters. The molecule has 2 aromatic rings. The van der Waals surface area contributed by atoms with Crippen molar-refractivity contribution in [3.05, 3.63) is 69.7 Å². The predicted octanol–water partition coefficient (Wildman–Crippen LogP) is -2.25. The summed E-state index contributed by atoms with van der Waals surface area (Å²) in [6, 6.07) is 8.80. The lowest BCUT2D eigenvalue weighted by molar-refractivity contribution is -0.154. The lowest BCUT2D eigenvalue weighted by Gasteiger charge is -2.52. The minimum atomic E-state index is -3.74. The average Bonchev–Trinajstić information content (AvgIpc) is 3.12. The molecular weight excluding hydrogens is 498 g/mol. The number of piperidine rings is 1. The zero-order chi connectivity index (χ0) is 27.5. The summed E-state index contributed by atoms with van der Waals surface area (Å²) in [6.07, 6.45) is 0. The molecule has 2 aliphatic rings. The smallest absolute Gasteiger partial charge is 0.348 e. The zero-order valence-electron chi connectivity index (χ0n) is 21.2. The second-order valence-electron chi connectivity index (χ2n) is 10.7. The Morgan fingerprint density at radius 2 is 1.73 bits per heavy atom. The second-order valence-corrected chi connectivity index (χ2v) is 11.2. The van der Waals surface area contributed by atoms with Gasteiger partial charge >= 0.3 is 5.92 Å². The van der Waals surface area contributed by atoms with E-state index in [1.54, 1.807) is 49.6 Å². The first kappa shape index (κ1) is 27.0. The molecule has 2 aliphatic heterocycles. The van der Waals surface area contributed by atoms with Crippen molar-refractivity contribution >= 4 is 74.6 Å². The number of alkyl halides is 2. The van der Waals surface area contributed by atoms with Crippen LogP contribution < -0.4 is 5.32 Å². The van der Waals surface area contributed by atoms with E-state index in [0.717, 1.165) is 16.9 Å². The van der Waals surface area contributed by atoms with Crippen molar-refractivity contribution in [2.75, 3.05) is 0 Å². The molecule has 15 heteroatoms. The number of amides is 4. The highest BCUT2D eigenvalue weighted by atomic mass is 35.5. The van der Waals surface area contributed by atoms with Crippen molar-refractivity contribution in [1.29, 1.82) is 0 Å². The Kier molecular flexibility index (Phi) is 6.63. The molecule has 37 heavy (non-hydrogen) atoms. The molecular formula is C22H23B5ClF2N3O4. The highest BCUT2D eigenvalue weighted by Gasteiger charge is 2.57. The minimum absolute atomic E-state index is 0.111. The van der Waals surface area contributed by atoms with Crippen LogP contribution in [0.1, 0.15) is 27.0 Å². The quantitative estimate of drug-likeness (QED) is 0.357. The number of rotatable bonds is 5. The highest BCUT2D eigenvalue weighted by molar-refractivity contribution is 6.63. The van der Waals surface area contributed by atoms with Gasteiger partial charge in [-0.3, -0.25) is 24.5 Å². The van der Waals surface area contributed by atoms with Gasteiger partial charge in [0.15, 0.2) is 0 Å². The van der Waals surface area contributed by atoms with Gasteiger partial charge in [-0.25, -0.2) is 0 Å². The monoisotopic (exact) mass is 521 g/mol. The van der Waals surface area contributed by atoms with Crippen LogP contribution in [0.4, 0.5) is 8.78 Å². The van der Waals surface area contributed by atoms with Gasteiger partial charge in [-0.15, -0.1) is 0 Å². The highest BCUT2D eigenvalue weighted by Crippen LogP contribution is 2.50. The average molecular weight is 521 g/mol. The van der Waals surface area contributed by atoms with Gasteiger partial charge in [0.2, 0.25) is 19.8 Å². The largest absolute Gasteiger partial charge is 0.384 e. The Labute approximate surface area is 222 Å². The molecule has 4 amide bonds. The number of imide groups is 1. The third kappa shape index (κ3) is 4.39. The van der Waals surface area contributed by atoms with Gasteiger partial charge in [-0.2, -0.15) is 8.78 Å². The fourth-order valence-corrected chi connectivity index (χ4v) is 5.03. The van der Waals surface area contributed by atoms with Crippen LogP contribution in [-0.2, 0) is 33.4 Å². The first-order valence-corrected chi connectivity index (χ1v) is 12.1. The summed E-state index contributed by atoms with van der Waals surface area (Å²) in [5, 5.41) is 0.903. The summed E-state index contributed by atoms with van der Waals surface area (Å²) in [7, 11) is 8.33. The van der Waals surface area contributed by atoms with Crippen molar-refractivity contribution in [2.45, 2.75) is 35.5 Å². The van der Waals surface area contributed by atoms with Crippen molar-refractivity contribution in [3.63, 3.8) is 0 Å². The zero-order valence-corrected chi connectivity index (χ0v) is 22.0. The number of halogens is 3. The normalized spacial score (nSPS) is 20.4. The van der Waals surface area contributed by atoms with E-state index in [1.807, 2.05) is 0 Å². The Hall–Kier alpha value is -3.01. The Morgan fingerprint density at radius 1 is 1.11 bits per heavy atom. The lowest BCUT2D eigenvalue weighted by Crippen LogP contribution is -2.66. The summed E-state index contributed by atoms with van der Waals surface area (Å²) >= 11 is 5.77. The summed E-state index contributed by atoms with van der Waals surface area (Å²) in [4.78, 5) is 53.6. The maximum atomic E-state index is 14.8. The van der Waals surface area contributed by atoms with Crippen molar-refractivity contribution in [1.82, 2.24) is 15.0 Å². The molecule has 0 radical (unpaired) electrons. The van der Waals surface area contributed by atoms with Gasteiger partial charge in [0, 0.05) is 29.2 Å². The van der Waals surface area contributed by atoms with E-state index in [9.17, 15) is 28.0 Å². The van der Waals surface area contributed by atoms with Crippen LogP contribution in [0.5, 0.6) is 0 Å². The first-order valence-electron chi connectivity index (χ1n) is 11.8. The molecule has 4 rings (SSSR count). The summed E-state index contributed by atoms with van der Waals surface area (Å²) < 4.78 is 29.6. The van der Waals surface area contributed by atoms with Gasteiger partial charge in [-0.05, 0) is 34.5 Å². The standard InChI is InChI=1S/C22H23B5ClF2N3O4/c23-21(24)15(16(34)31-18(36)22(21,25)26)32-9-11-7-10(1-6-14(11)17(32)35)8-33(27)19(37)20(29,30)12-2-4-13(28)5-3-12/h1-7,15H,8-9,23-27H2,(H,31,34,36). The second kappa shape index (κ2) is 9.08. The van der Waals surface area contributed by atoms with Crippen molar-refractivity contribution in [3.8, 4) is 0 Å². The molecule has 1 N–H and O–H groups in total. The number of hydrogen-bond donors (Lipinski definition) is 1. The topological polar surface area (TPSA) is 86.8 Å². The van der Waals surface area contributed by atoms with Crippen LogP contribution >= 0.6 is 11.6 Å². The molecule has 7 nitrogen and oxygen atoms in total. The SMILES string of the molecule is BN(Cc1ccc2c(c1)CN(C1C(=O)NC(=O)C(B)(B)C1(B)B)C2=O)C(=O)C(F)(F)c1ccc(Cl)cc1. The molecule has 2 aromatic carbocycles. The lowest BCUT2D eigenvalue weighted by atomic mass is 9.26. The fourth-order valence-electron chi connectivity index (χ4n) is 4.90. The Morgan fingerprint density at radius 3 is 2.35 bits per heavy atom. The van der Waals surface area contributed by atoms with Crippen LogP contribution in [0.15, 0.2) is 42.5 Å². The van der Waals surface area contributed by atoms with Gasteiger partial charge in [0.25, 0.3) is 11.8 Å². The van der Waals surface area contributed by atoms with Gasteiger partial charge < -0.3 is 9.71 Å². The molecule has 0 saturated carbocycles. The molecule has 0 spiro atoms. The Bertz CT molecular complexity index is 1330. The fraction of sp³-hybridized carbons (Fsp3) is 0.273. The maximum absolute atomic E-state index is 14.8. The van der Waals surface area contributed by atoms with E-state index >= 15 is 0 Å². The van der Waals surface area contributed by atoms with Crippen molar-refractivity contribution in [2.24, 2.45) is 0 Å². The Balaban J connectivity index is 1.54. The number of nitrogens with one attached hydrogen (secondary N) is 1. The van der Waals surface area contributed by atoms with E-state index in [-0.39, 0.29) is 24.0 Å². The molecule has 1 saturated heterocycles. The molecule has 1 fully saturated rings. The van der Waals surface area contributed by atoms with Crippen LogP contribution in [-0.4, -0.2) is 78.7 Å². The molecule has 0 aliphatic carbocycles. The van der Waals surface area contributed by atoms with E-state index in [0.29, 0.717) is 16.7 Å².